The predicted molar refractivity (Wildman–Crippen MR) is 82.9 cm³/mol. The highest BCUT2D eigenvalue weighted by molar-refractivity contribution is 7.98. The van der Waals surface area contributed by atoms with E-state index in [0.29, 0.717) is 22.0 Å². The molecule has 0 amide bonds. The van der Waals surface area contributed by atoms with Gasteiger partial charge in [0.1, 0.15) is 0 Å². The number of nitrogens with zero attached hydrogens (tertiary/aromatic N) is 2. The molecule has 1 aromatic carbocycles. The van der Waals surface area contributed by atoms with Crippen LogP contribution in [0.4, 0.5) is 18.9 Å². The molecule has 0 aliphatic carbocycles. The first-order chi connectivity index (χ1) is 10.4. The largest absolute Gasteiger partial charge is 0.418 e. The van der Waals surface area contributed by atoms with E-state index in [4.69, 9.17) is 0 Å². The fourth-order valence-corrected chi connectivity index (χ4v) is 2.41. The fourth-order valence-electron chi connectivity index (χ4n) is 2.05. The van der Waals surface area contributed by atoms with Crippen LogP contribution in [0.15, 0.2) is 42.2 Å². The van der Waals surface area contributed by atoms with Crippen molar-refractivity contribution in [3.63, 3.8) is 0 Å². The van der Waals surface area contributed by atoms with Gasteiger partial charge in [-0.15, -0.1) is 0 Å². The van der Waals surface area contributed by atoms with Crippen LogP contribution in [0.1, 0.15) is 16.8 Å². The molecule has 2 rings (SSSR count). The molecule has 7 heteroatoms. The number of nitrogens with one attached hydrogen (secondary N) is 1. The summed E-state index contributed by atoms with van der Waals surface area (Å²) >= 11 is 1.35. The van der Waals surface area contributed by atoms with Gasteiger partial charge in [-0.05, 0) is 18.4 Å². The number of halogens is 3. The van der Waals surface area contributed by atoms with Crippen LogP contribution in [-0.2, 0) is 6.18 Å². The molecule has 0 unspecified atom stereocenters. The summed E-state index contributed by atoms with van der Waals surface area (Å²) in [5.74, 6) is 0. The predicted octanol–water partition coefficient (Wildman–Crippen LogP) is 4.32. The number of hydrogen-bond acceptors (Lipinski definition) is 4. The van der Waals surface area contributed by atoms with Crippen molar-refractivity contribution < 1.29 is 13.2 Å². The number of alkyl halides is 3. The van der Waals surface area contributed by atoms with E-state index in [2.05, 4.69) is 21.9 Å². The minimum atomic E-state index is -4.44. The smallest absolute Gasteiger partial charge is 0.387 e. The molecule has 0 radical (unpaired) electrons. The Kier molecular flexibility index (Phi) is 4.75. The fraction of sp³-hybridized carbons (Fsp3) is 0.200. The van der Waals surface area contributed by atoms with Crippen LogP contribution in [0.3, 0.4) is 0 Å². The number of benzene rings is 1. The van der Waals surface area contributed by atoms with Crippen LogP contribution in [0.5, 0.6) is 0 Å². The van der Waals surface area contributed by atoms with Gasteiger partial charge in [-0.2, -0.15) is 13.2 Å². The zero-order valence-corrected chi connectivity index (χ0v) is 12.8. The Morgan fingerprint density at radius 2 is 2.00 bits per heavy atom. The maximum absolute atomic E-state index is 13.1. The van der Waals surface area contributed by atoms with Gasteiger partial charge in [0.25, 0.3) is 0 Å². The van der Waals surface area contributed by atoms with Gasteiger partial charge in [-0.3, -0.25) is 0 Å². The molecule has 0 saturated heterocycles. The molecule has 0 fully saturated rings. The molecular weight excluding hydrogens is 311 g/mol. The Hall–Kier alpha value is -2.02. The first-order valence-electron chi connectivity index (χ1n) is 6.33. The summed E-state index contributed by atoms with van der Waals surface area (Å²) in [6, 6.07) is 5.61. The Labute approximate surface area is 130 Å². The van der Waals surface area contributed by atoms with E-state index < -0.39 is 11.7 Å². The topological polar surface area (TPSA) is 37.8 Å². The average Bonchev–Trinajstić information content (AvgIpc) is 2.52. The van der Waals surface area contributed by atoms with Crippen molar-refractivity contribution in [3.8, 4) is 0 Å². The normalized spacial score (nSPS) is 11.3. The Balaban J connectivity index is 2.54. The highest BCUT2D eigenvalue weighted by atomic mass is 32.2. The third kappa shape index (κ3) is 3.24. The third-order valence-electron chi connectivity index (χ3n) is 3.07. The molecular formula is C15H14F3N3S. The molecule has 116 valence electrons. The molecule has 2 aromatic rings. The van der Waals surface area contributed by atoms with Crippen LogP contribution < -0.4 is 5.32 Å². The van der Waals surface area contributed by atoms with Gasteiger partial charge in [-0.1, -0.05) is 30.5 Å². The van der Waals surface area contributed by atoms with Crippen molar-refractivity contribution in [1.82, 2.24) is 9.97 Å². The summed E-state index contributed by atoms with van der Waals surface area (Å²) < 4.78 is 39.3. The summed E-state index contributed by atoms with van der Waals surface area (Å²) in [6.45, 7) is 3.90. The van der Waals surface area contributed by atoms with Crippen molar-refractivity contribution in [2.75, 3.05) is 18.6 Å². The van der Waals surface area contributed by atoms with Crippen molar-refractivity contribution >= 4 is 23.0 Å². The maximum atomic E-state index is 13.1. The second-order valence-corrected chi connectivity index (χ2v) is 5.16. The highest BCUT2D eigenvalue weighted by Crippen LogP contribution is 2.39. The van der Waals surface area contributed by atoms with Gasteiger partial charge in [0.15, 0.2) is 5.16 Å². The number of anilines is 1. The van der Waals surface area contributed by atoms with E-state index in [1.54, 1.807) is 18.3 Å². The van der Waals surface area contributed by atoms with E-state index in [1.807, 2.05) is 6.26 Å². The number of aromatic nitrogens is 2. The van der Waals surface area contributed by atoms with Crippen molar-refractivity contribution in [2.24, 2.45) is 0 Å². The molecule has 22 heavy (non-hydrogen) atoms. The maximum Gasteiger partial charge on any atom is 0.418 e. The molecule has 0 aliphatic rings. The monoisotopic (exact) mass is 325 g/mol. The van der Waals surface area contributed by atoms with Crippen LogP contribution in [-0.4, -0.2) is 23.3 Å². The molecule has 0 saturated carbocycles. The molecule has 1 aromatic heterocycles. The first-order valence-corrected chi connectivity index (χ1v) is 7.55. The number of para-hydroxylation sites is 1. The van der Waals surface area contributed by atoms with Crippen molar-refractivity contribution in [3.05, 3.63) is 53.9 Å². The van der Waals surface area contributed by atoms with Gasteiger partial charge >= 0.3 is 6.18 Å². The van der Waals surface area contributed by atoms with E-state index >= 15 is 0 Å². The quantitative estimate of drug-likeness (QED) is 0.671. The summed E-state index contributed by atoms with van der Waals surface area (Å²) in [4.78, 5) is 8.33. The molecule has 0 aliphatic heterocycles. The van der Waals surface area contributed by atoms with Crippen molar-refractivity contribution in [2.45, 2.75) is 11.3 Å². The molecule has 0 spiro atoms. The number of hydrogen-bond donors (Lipinski definition) is 1. The highest BCUT2D eigenvalue weighted by Gasteiger charge is 2.34. The lowest BCUT2D eigenvalue weighted by atomic mass is 9.98. The van der Waals surface area contributed by atoms with E-state index in [1.165, 1.54) is 24.9 Å². The number of thioether (sulfide) groups is 1. The average molecular weight is 325 g/mol. The molecule has 3 nitrogen and oxygen atoms in total. The Bertz CT molecular complexity index is 699. The van der Waals surface area contributed by atoms with Gasteiger partial charge in [0.2, 0.25) is 0 Å². The summed E-state index contributed by atoms with van der Waals surface area (Å²) in [7, 11) is 1.45. The molecule has 0 atom stereocenters. The number of rotatable bonds is 4. The zero-order chi connectivity index (χ0) is 16.3. The minimum Gasteiger partial charge on any atom is -0.387 e. The lowest BCUT2D eigenvalue weighted by Gasteiger charge is -2.17. The SMILES string of the molecule is C=C(c1ccnc(SC)n1)c1cccc(C(F)(F)F)c1NC. The van der Waals surface area contributed by atoms with Crippen LogP contribution >= 0.6 is 11.8 Å². The molecule has 0 bridgehead atoms. The van der Waals surface area contributed by atoms with Crippen LogP contribution in [0, 0.1) is 0 Å². The lowest BCUT2D eigenvalue weighted by Crippen LogP contribution is -2.11. The van der Waals surface area contributed by atoms with Gasteiger partial charge in [0.05, 0.1) is 16.9 Å². The van der Waals surface area contributed by atoms with E-state index in [9.17, 15) is 13.2 Å². The zero-order valence-electron chi connectivity index (χ0n) is 12.0. The van der Waals surface area contributed by atoms with Gasteiger partial charge in [-0.25, -0.2) is 9.97 Å². The van der Waals surface area contributed by atoms with Gasteiger partial charge < -0.3 is 5.32 Å². The van der Waals surface area contributed by atoms with E-state index in [-0.39, 0.29) is 5.69 Å². The van der Waals surface area contributed by atoms with Gasteiger partial charge in [0, 0.05) is 24.4 Å². The van der Waals surface area contributed by atoms with Crippen molar-refractivity contribution in [1.29, 1.82) is 0 Å². The first kappa shape index (κ1) is 16.4. The van der Waals surface area contributed by atoms with Crippen LogP contribution in [0.2, 0.25) is 0 Å². The third-order valence-corrected chi connectivity index (χ3v) is 3.63. The molecule has 1 N–H and O–H groups in total. The summed E-state index contributed by atoms with van der Waals surface area (Å²) in [5.41, 5.74) is 0.531. The minimum absolute atomic E-state index is 0.00989. The van der Waals surface area contributed by atoms with E-state index in [0.717, 1.165) is 6.07 Å². The Morgan fingerprint density at radius 3 is 2.59 bits per heavy atom. The summed E-state index contributed by atoms with van der Waals surface area (Å²) in [6.07, 6.45) is -1.05. The Morgan fingerprint density at radius 1 is 1.27 bits per heavy atom. The lowest BCUT2D eigenvalue weighted by molar-refractivity contribution is -0.136. The standard InChI is InChI=1S/C15H14F3N3S/c1-9(12-7-8-20-14(21-12)22-3)10-5-4-6-11(13(10)19-2)15(16,17)18/h4-8,19H,1H2,2-3H3. The van der Waals surface area contributed by atoms with Crippen LogP contribution in [0.25, 0.3) is 5.57 Å². The second-order valence-electron chi connectivity index (χ2n) is 4.38. The molecule has 1 heterocycles. The summed E-state index contributed by atoms with van der Waals surface area (Å²) in [5, 5.41) is 3.16. The second kappa shape index (κ2) is 6.39.